The molecule has 3 atom stereocenters. The third-order valence-electron chi connectivity index (χ3n) is 6.18. The van der Waals surface area contributed by atoms with E-state index in [0.717, 1.165) is 13.1 Å². The number of likely N-dealkylation sites (tertiary alicyclic amines) is 1. The summed E-state index contributed by atoms with van der Waals surface area (Å²) in [7, 11) is 0. The van der Waals surface area contributed by atoms with Gasteiger partial charge >= 0.3 is 0 Å². The predicted octanol–water partition coefficient (Wildman–Crippen LogP) is 3.19. The van der Waals surface area contributed by atoms with E-state index in [1.165, 1.54) is 31.5 Å². The van der Waals surface area contributed by atoms with Gasteiger partial charge in [-0.2, -0.15) is 0 Å². The molecule has 0 bridgehead atoms. The number of hydrogen-bond donors (Lipinski definition) is 2. The molecule has 2 aromatic carbocycles. The lowest BCUT2D eigenvalue weighted by molar-refractivity contribution is -0.161. The highest BCUT2D eigenvalue weighted by molar-refractivity contribution is 5.94. The Kier molecular flexibility index (Phi) is 7.58. The molecule has 0 saturated carbocycles. The van der Waals surface area contributed by atoms with Gasteiger partial charge in [0.15, 0.2) is 5.79 Å². The van der Waals surface area contributed by atoms with Gasteiger partial charge in [-0.15, -0.1) is 0 Å². The molecule has 3 aliphatic rings. The second-order valence-electron chi connectivity index (χ2n) is 9.15. The molecule has 6 heteroatoms. The van der Waals surface area contributed by atoms with Crippen LogP contribution in [0.4, 0.5) is 0 Å². The number of ether oxygens (including phenoxy) is 2. The summed E-state index contributed by atoms with van der Waals surface area (Å²) in [6.07, 6.45) is 2.77. The monoisotopic (exact) mass is 437 g/mol. The van der Waals surface area contributed by atoms with Gasteiger partial charge in [0.25, 0.3) is 5.91 Å². The number of carbonyl (C=O) groups excluding carboxylic acids is 1. The average Bonchev–Trinajstić information content (AvgIpc) is 3.52. The number of fused-ring (bicyclic) bond motifs is 1. The van der Waals surface area contributed by atoms with Crippen molar-refractivity contribution in [1.82, 2.24) is 15.5 Å². The van der Waals surface area contributed by atoms with Gasteiger partial charge in [-0.3, -0.25) is 9.69 Å². The van der Waals surface area contributed by atoms with Crippen molar-refractivity contribution in [2.75, 3.05) is 26.2 Å². The second kappa shape index (κ2) is 10.6. The number of benzene rings is 2. The third-order valence-corrected chi connectivity index (χ3v) is 6.18. The minimum Gasteiger partial charge on any atom is -0.350 e. The van der Waals surface area contributed by atoms with Gasteiger partial charge in [-0.25, -0.2) is 0 Å². The Morgan fingerprint density at radius 2 is 1.69 bits per heavy atom. The first-order chi connectivity index (χ1) is 15.5. The number of rotatable bonds is 5. The summed E-state index contributed by atoms with van der Waals surface area (Å²) in [4.78, 5) is 14.8. The Hall–Kier alpha value is -2.25. The molecule has 0 unspecified atom stereocenters. The lowest BCUT2D eigenvalue weighted by Gasteiger charge is -2.30. The van der Waals surface area contributed by atoms with Crippen LogP contribution in [0, 0.1) is 0 Å². The minimum atomic E-state index is -0.574. The fourth-order valence-electron chi connectivity index (χ4n) is 4.66. The summed E-state index contributed by atoms with van der Waals surface area (Å²) >= 11 is 0. The van der Waals surface area contributed by atoms with Crippen LogP contribution in [0.3, 0.4) is 0 Å². The minimum absolute atomic E-state index is 0.0299. The van der Waals surface area contributed by atoms with Crippen molar-refractivity contribution in [3.05, 3.63) is 71.8 Å². The van der Waals surface area contributed by atoms with Gasteiger partial charge in [0.05, 0.1) is 6.04 Å². The van der Waals surface area contributed by atoms with Crippen LogP contribution in [0.2, 0.25) is 0 Å². The van der Waals surface area contributed by atoms with Gasteiger partial charge < -0.3 is 20.1 Å². The van der Waals surface area contributed by atoms with Crippen molar-refractivity contribution in [2.45, 2.75) is 57.3 Å². The molecule has 32 heavy (non-hydrogen) atoms. The normalized spacial score (nSPS) is 26.2. The molecular weight excluding hydrogens is 402 g/mol. The Morgan fingerprint density at radius 3 is 2.31 bits per heavy atom. The van der Waals surface area contributed by atoms with E-state index >= 15 is 0 Å². The molecule has 0 aliphatic carbocycles. The van der Waals surface area contributed by atoms with Gasteiger partial charge in [0, 0.05) is 25.2 Å². The van der Waals surface area contributed by atoms with Crippen LogP contribution < -0.4 is 10.6 Å². The maximum absolute atomic E-state index is 12.5. The zero-order valence-electron chi connectivity index (χ0n) is 19.1. The van der Waals surface area contributed by atoms with Crippen LogP contribution in [0.5, 0.6) is 0 Å². The Bertz CT molecular complexity index is 848. The van der Waals surface area contributed by atoms with Crippen molar-refractivity contribution >= 4 is 5.91 Å². The average molecular weight is 438 g/mol. The van der Waals surface area contributed by atoms with Crippen molar-refractivity contribution in [2.24, 2.45) is 0 Å². The molecule has 0 aromatic heterocycles. The number of amides is 1. The summed E-state index contributed by atoms with van der Waals surface area (Å²) in [6.45, 7) is 8.54. The number of nitrogens with one attached hydrogen (secondary N) is 2. The molecule has 0 radical (unpaired) electrons. The largest absolute Gasteiger partial charge is 0.350 e. The molecule has 3 heterocycles. The summed E-state index contributed by atoms with van der Waals surface area (Å²) in [5.74, 6) is -0.632. The highest BCUT2D eigenvalue weighted by atomic mass is 16.8. The van der Waals surface area contributed by atoms with E-state index in [1.807, 2.05) is 50.2 Å². The molecule has 3 saturated heterocycles. The maximum Gasteiger partial charge on any atom is 0.251 e. The molecule has 0 spiro atoms. The van der Waals surface area contributed by atoms with Crippen LogP contribution in [0.25, 0.3) is 0 Å². The fraction of sp³-hybridized carbons (Fsp3) is 0.500. The Labute approximate surface area is 191 Å². The van der Waals surface area contributed by atoms with E-state index in [0.29, 0.717) is 12.1 Å². The van der Waals surface area contributed by atoms with Crippen molar-refractivity contribution in [3.8, 4) is 0 Å². The first kappa shape index (κ1) is 22.9. The second-order valence-corrected chi connectivity index (χ2v) is 9.15. The third kappa shape index (κ3) is 5.95. The molecular formula is C26H35N3O3. The highest BCUT2D eigenvalue weighted by Crippen LogP contribution is 2.37. The lowest BCUT2D eigenvalue weighted by Crippen LogP contribution is -2.46. The molecule has 5 rings (SSSR count). The molecule has 2 aromatic rings. The van der Waals surface area contributed by atoms with E-state index < -0.39 is 5.79 Å². The summed E-state index contributed by atoms with van der Waals surface area (Å²) in [6, 6.07) is 19.8. The van der Waals surface area contributed by atoms with Crippen LogP contribution >= 0.6 is 0 Å². The fourth-order valence-corrected chi connectivity index (χ4v) is 4.66. The zero-order chi connectivity index (χ0) is 22.4. The SMILES string of the molecule is C1CCNC1.CC1(C)O[C@H]2[C@H](CN(Cc3ccccc3)[C@H]2CNC(=O)c2ccccc2)O1. The predicted molar refractivity (Wildman–Crippen MR) is 125 cm³/mol. The topological polar surface area (TPSA) is 62.8 Å². The molecule has 1 amide bonds. The van der Waals surface area contributed by atoms with Crippen LogP contribution in [-0.4, -0.2) is 61.0 Å². The zero-order valence-corrected chi connectivity index (χ0v) is 19.1. The number of nitrogens with zero attached hydrogens (tertiary/aromatic N) is 1. The van der Waals surface area contributed by atoms with Crippen LogP contribution in [0.15, 0.2) is 60.7 Å². The van der Waals surface area contributed by atoms with Crippen LogP contribution in [0.1, 0.15) is 42.6 Å². The Morgan fingerprint density at radius 1 is 1.03 bits per heavy atom. The molecule has 6 nitrogen and oxygen atoms in total. The highest BCUT2D eigenvalue weighted by Gasteiger charge is 2.52. The van der Waals surface area contributed by atoms with Crippen molar-refractivity contribution < 1.29 is 14.3 Å². The van der Waals surface area contributed by atoms with E-state index in [-0.39, 0.29) is 24.2 Å². The first-order valence-corrected chi connectivity index (χ1v) is 11.7. The van der Waals surface area contributed by atoms with Crippen LogP contribution in [-0.2, 0) is 16.0 Å². The summed E-state index contributed by atoms with van der Waals surface area (Å²) in [5.41, 5.74) is 1.92. The lowest BCUT2D eigenvalue weighted by atomic mass is 10.1. The molecule has 172 valence electrons. The molecule has 3 fully saturated rings. The van der Waals surface area contributed by atoms with Gasteiger partial charge in [0.2, 0.25) is 0 Å². The number of hydrogen-bond acceptors (Lipinski definition) is 5. The molecule has 3 aliphatic heterocycles. The quantitative estimate of drug-likeness (QED) is 0.752. The van der Waals surface area contributed by atoms with Gasteiger partial charge in [0.1, 0.15) is 12.2 Å². The van der Waals surface area contributed by atoms with E-state index in [2.05, 4.69) is 39.8 Å². The maximum atomic E-state index is 12.5. The van der Waals surface area contributed by atoms with Gasteiger partial charge in [-0.1, -0.05) is 48.5 Å². The molecule has 2 N–H and O–H groups in total. The smallest absolute Gasteiger partial charge is 0.251 e. The summed E-state index contributed by atoms with van der Waals surface area (Å²) in [5, 5.41) is 6.30. The summed E-state index contributed by atoms with van der Waals surface area (Å²) < 4.78 is 12.3. The van der Waals surface area contributed by atoms with Gasteiger partial charge in [-0.05, 0) is 57.5 Å². The van der Waals surface area contributed by atoms with Crippen molar-refractivity contribution in [1.29, 1.82) is 0 Å². The standard InChI is InChI=1S/C22H26N2O3.C4H9N/c1-22(2)26-19-15-24(14-16-9-5-3-6-10-16)18(20(19)27-22)13-23-21(25)17-11-7-4-8-12-17;1-2-4-5-3-1/h3-12,18-20H,13-15H2,1-2H3,(H,23,25);5H,1-4H2/t18-,19-,20+;/m0./s1. The first-order valence-electron chi connectivity index (χ1n) is 11.7. The number of carbonyl (C=O) groups is 1. The Balaban J connectivity index is 0.000000433. The van der Waals surface area contributed by atoms with E-state index in [4.69, 9.17) is 9.47 Å². The van der Waals surface area contributed by atoms with Crippen molar-refractivity contribution in [3.63, 3.8) is 0 Å². The van der Waals surface area contributed by atoms with E-state index in [1.54, 1.807) is 0 Å². The van der Waals surface area contributed by atoms with E-state index in [9.17, 15) is 4.79 Å².